The predicted octanol–water partition coefficient (Wildman–Crippen LogP) is 2.48. The van der Waals surface area contributed by atoms with E-state index in [4.69, 9.17) is 4.74 Å². The maximum atomic E-state index is 13.1. The first-order chi connectivity index (χ1) is 10.2. The van der Waals surface area contributed by atoms with Crippen molar-refractivity contribution >= 4 is 17.7 Å². The number of hydrogen-bond acceptors (Lipinski definition) is 5. The molecule has 0 saturated heterocycles. The molecule has 0 fully saturated rings. The Hall–Kier alpha value is -2.51. The molecule has 120 valence electrons. The number of benzene rings is 1. The van der Waals surface area contributed by atoms with Crippen LogP contribution in [0.4, 0.5) is 14.9 Å². The molecule has 0 bridgehead atoms. The monoisotopic (exact) mass is 311 g/mol. The smallest absolute Gasteiger partial charge is 0.407 e. The number of rotatable bonds is 5. The summed E-state index contributed by atoms with van der Waals surface area (Å²) in [5, 5.41) is 7.56. The Morgan fingerprint density at radius 2 is 1.86 bits per heavy atom. The maximum Gasteiger partial charge on any atom is 0.407 e. The standard InChI is InChI=1S/C14H18FN3O4/c1-14(2,3)22-13(20)17-7-6-16-12(19)10-8-9(15)4-5-11(10)18-21/h4-5,8H,6-7H2,1-3H3,(H,16,19)(H,17,20). The van der Waals surface area contributed by atoms with Gasteiger partial charge in [-0.05, 0) is 44.1 Å². The van der Waals surface area contributed by atoms with Crippen LogP contribution >= 0.6 is 0 Å². The van der Waals surface area contributed by atoms with Gasteiger partial charge < -0.3 is 15.4 Å². The fourth-order valence-electron chi connectivity index (χ4n) is 1.52. The Labute approximate surface area is 127 Å². The van der Waals surface area contributed by atoms with Gasteiger partial charge in [0.05, 0.1) is 5.56 Å². The highest BCUT2D eigenvalue weighted by molar-refractivity contribution is 5.98. The van der Waals surface area contributed by atoms with Crippen molar-refractivity contribution in [2.24, 2.45) is 5.18 Å². The third kappa shape index (κ3) is 5.86. The topological polar surface area (TPSA) is 96.9 Å². The van der Waals surface area contributed by atoms with Gasteiger partial charge in [0.15, 0.2) is 0 Å². The molecule has 0 aliphatic heterocycles. The van der Waals surface area contributed by atoms with E-state index in [1.807, 2.05) is 0 Å². The van der Waals surface area contributed by atoms with Gasteiger partial charge in [-0.3, -0.25) is 4.79 Å². The molecular weight excluding hydrogens is 293 g/mol. The molecule has 0 aromatic heterocycles. The lowest BCUT2D eigenvalue weighted by molar-refractivity contribution is 0.0526. The van der Waals surface area contributed by atoms with E-state index in [1.54, 1.807) is 20.8 Å². The fraction of sp³-hybridized carbons (Fsp3) is 0.429. The summed E-state index contributed by atoms with van der Waals surface area (Å²) in [6.45, 7) is 5.40. The van der Waals surface area contributed by atoms with Crippen LogP contribution in [0.25, 0.3) is 0 Å². The second kappa shape index (κ2) is 7.48. The molecular formula is C14H18FN3O4. The second-order valence-corrected chi connectivity index (χ2v) is 5.44. The van der Waals surface area contributed by atoms with Gasteiger partial charge in [-0.2, -0.15) is 0 Å². The van der Waals surface area contributed by atoms with Crippen LogP contribution in [0.1, 0.15) is 31.1 Å². The lowest BCUT2D eigenvalue weighted by Gasteiger charge is -2.19. The Bertz CT molecular complexity index is 570. The van der Waals surface area contributed by atoms with Crippen molar-refractivity contribution in [3.05, 3.63) is 34.5 Å². The van der Waals surface area contributed by atoms with Crippen molar-refractivity contribution < 1.29 is 18.7 Å². The zero-order valence-corrected chi connectivity index (χ0v) is 12.6. The zero-order valence-electron chi connectivity index (χ0n) is 12.6. The van der Waals surface area contributed by atoms with Crippen molar-refractivity contribution in [2.45, 2.75) is 26.4 Å². The first-order valence-electron chi connectivity index (χ1n) is 6.61. The molecule has 0 saturated carbocycles. The Morgan fingerprint density at radius 1 is 1.23 bits per heavy atom. The average molecular weight is 311 g/mol. The van der Waals surface area contributed by atoms with Crippen LogP contribution in [0.5, 0.6) is 0 Å². The number of ether oxygens (including phenoxy) is 1. The van der Waals surface area contributed by atoms with Crippen molar-refractivity contribution in [2.75, 3.05) is 13.1 Å². The van der Waals surface area contributed by atoms with Gasteiger partial charge in [0.2, 0.25) is 0 Å². The molecule has 7 nitrogen and oxygen atoms in total. The van der Waals surface area contributed by atoms with E-state index in [9.17, 15) is 18.9 Å². The van der Waals surface area contributed by atoms with Gasteiger partial charge in [-0.15, -0.1) is 4.91 Å². The van der Waals surface area contributed by atoms with Crippen LogP contribution in [0.15, 0.2) is 23.4 Å². The fourth-order valence-corrected chi connectivity index (χ4v) is 1.52. The Kier molecular flexibility index (Phi) is 5.97. The molecule has 0 aliphatic carbocycles. The molecule has 0 heterocycles. The molecule has 2 amide bonds. The SMILES string of the molecule is CC(C)(C)OC(=O)NCCNC(=O)c1cc(F)ccc1N=O. The van der Waals surface area contributed by atoms with Crippen molar-refractivity contribution in [1.29, 1.82) is 0 Å². The number of hydrogen-bond donors (Lipinski definition) is 2. The summed E-state index contributed by atoms with van der Waals surface area (Å²) in [7, 11) is 0. The van der Waals surface area contributed by atoms with E-state index in [2.05, 4.69) is 15.8 Å². The maximum absolute atomic E-state index is 13.1. The number of nitrogens with zero attached hydrogens (tertiary/aromatic N) is 1. The molecule has 8 heteroatoms. The molecule has 1 aromatic carbocycles. The van der Waals surface area contributed by atoms with Crippen LogP contribution in [0.3, 0.4) is 0 Å². The highest BCUT2D eigenvalue weighted by Crippen LogP contribution is 2.19. The summed E-state index contributed by atoms with van der Waals surface area (Å²) in [6, 6.07) is 3.08. The Morgan fingerprint density at radius 3 is 2.45 bits per heavy atom. The zero-order chi connectivity index (χ0) is 16.8. The summed E-state index contributed by atoms with van der Waals surface area (Å²) in [4.78, 5) is 33.8. The third-order valence-electron chi connectivity index (χ3n) is 2.38. The minimum absolute atomic E-state index is 0.0902. The average Bonchev–Trinajstić information content (AvgIpc) is 2.41. The van der Waals surface area contributed by atoms with Gasteiger partial charge >= 0.3 is 6.09 Å². The van der Waals surface area contributed by atoms with Crippen LogP contribution in [0.2, 0.25) is 0 Å². The Balaban J connectivity index is 2.46. The highest BCUT2D eigenvalue weighted by Gasteiger charge is 2.16. The second-order valence-electron chi connectivity index (χ2n) is 5.44. The van der Waals surface area contributed by atoms with Gasteiger partial charge in [0, 0.05) is 13.1 Å². The van der Waals surface area contributed by atoms with Gasteiger partial charge in [-0.1, -0.05) is 0 Å². The number of nitrogens with one attached hydrogen (secondary N) is 2. The minimum Gasteiger partial charge on any atom is -0.444 e. The molecule has 0 spiro atoms. The quantitative estimate of drug-likeness (QED) is 0.645. The number of carbonyl (C=O) groups is 2. The van der Waals surface area contributed by atoms with Gasteiger partial charge in [-0.25, -0.2) is 9.18 Å². The van der Waals surface area contributed by atoms with E-state index in [-0.39, 0.29) is 24.3 Å². The number of alkyl carbamates (subject to hydrolysis) is 1. The summed E-state index contributed by atoms with van der Waals surface area (Å²) in [6.07, 6.45) is -0.609. The third-order valence-corrected chi connectivity index (χ3v) is 2.38. The molecule has 0 radical (unpaired) electrons. The molecule has 0 aliphatic rings. The van der Waals surface area contributed by atoms with E-state index < -0.39 is 23.4 Å². The van der Waals surface area contributed by atoms with Gasteiger partial charge in [0.25, 0.3) is 5.91 Å². The largest absolute Gasteiger partial charge is 0.444 e. The van der Waals surface area contributed by atoms with Crippen LogP contribution in [-0.2, 0) is 4.74 Å². The van der Waals surface area contributed by atoms with E-state index in [0.29, 0.717) is 0 Å². The molecule has 1 aromatic rings. The molecule has 22 heavy (non-hydrogen) atoms. The minimum atomic E-state index is -0.653. The summed E-state index contributed by atoms with van der Waals surface area (Å²) in [5.74, 6) is -1.30. The van der Waals surface area contributed by atoms with Crippen molar-refractivity contribution in [3.8, 4) is 0 Å². The van der Waals surface area contributed by atoms with Crippen molar-refractivity contribution in [3.63, 3.8) is 0 Å². The molecule has 2 N–H and O–H groups in total. The van der Waals surface area contributed by atoms with E-state index >= 15 is 0 Å². The summed E-state index contributed by atoms with van der Waals surface area (Å²) in [5.41, 5.74) is -0.925. The van der Waals surface area contributed by atoms with E-state index in [0.717, 1.165) is 18.2 Å². The number of halogens is 1. The van der Waals surface area contributed by atoms with Crippen LogP contribution < -0.4 is 10.6 Å². The lowest BCUT2D eigenvalue weighted by atomic mass is 10.1. The summed E-state index contributed by atoms with van der Waals surface area (Å²) < 4.78 is 18.1. The first-order valence-corrected chi connectivity index (χ1v) is 6.61. The molecule has 0 atom stereocenters. The predicted molar refractivity (Wildman–Crippen MR) is 78.4 cm³/mol. The van der Waals surface area contributed by atoms with Crippen molar-refractivity contribution in [1.82, 2.24) is 10.6 Å². The molecule has 0 unspecified atom stereocenters. The lowest BCUT2D eigenvalue weighted by Crippen LogP contribution is -2.37. The van der Waals surface area contributed by atoms with E-state index in [1.165, 1.54) is 0 Å². The number of nitroso groups, excluding NO2 is 1. The van der Waals surface area contributed by atoms with Crippen LogP contribution in [0, 0.1) is 10.7 Å². The van der Waals surface area contributed by atoms with Gasteiger partial charge in [0.1, 0.15) is 17.1 Å². The molecule has 1 rings (SSSR count). The summed E-state index contributed by atoms with van der Waals surface area (Å²) >= 11 is 0. The normalized spacial score (nSPS) is 10.7. The highest BCUT2D eigenvalue weighted by atomic mass is 19.1. The number of carbonyl (C=O) groups excluding carboxylic acids is 2. The van der Waals surface area contributed by atoms with Crippen LogP contribution in [-0.4, -0.2) is 30.7 Å². The first kappa shape index (κ1) is 17.5. The number of amides is 2.